The molecule has 1 aromatic heterocycles. The zero-order valence-electron chi connectivity index (χ0n) is 23.2. The first-order chi connectivity index (χ1) is 19.1. The Morgan fingerprint density at radius 2 is 1.85 bits per heavy atom. The average molecular weight is 571 g/mol. The number of carbonyl (C=O) groups is 2. The standard InChI is InChI=1S/C30H36ClFN4O4/c1-30(2,3)40-29(38)35-14-11-22(12-15-35)28-34-26(23-9-10-25(32)24(31)17-23)19-36(28)16-13-33-18-27(37)39-20-21-7-5-4-6-8-21/h4-10,17,19,22,33H,11-16,18,20H2,1-3H3. The quantitative estimate of drug-likeness (QED) is 0.259. The summed E-state index contributed by atoms with van der Waals surface area (Å²) in [5, 5.41) is 3.18. The second-order valence-corrected chi connectivity index (χ2v) is 11.3. The molecule has 1 fully saturated rings. The fourth-order valence-corrected chi connectivity index (χ4v) is 4.74. The predicted molar refractivity (Wildman–Crippen MR) is 152 cm³/mol. The minimum absolute atomic E-state index is 0.0370. The molecule has 0 aliphatic carbocycles. The Labute approximate surface area is 239 Å². The smallest absolute Gasteiger partial charge is 0.410 e. The van der Waals surface area contributed by atoms with Crippen molar-refractivity contribution >= 4 is 23.7 Å². The summed E-state index contributed by atoms with van der Waals surface area (Å²) in [6.07, 6.45) is 3.09. The molecular formula is C30H36ClFN4O4. The van der Waals surface area contributed by atoms with Gasteiger partial charge in [-0.25, -0.2) is 14.2 Å². The largest absolute Gasteiger partial charge is 0.460 e. The Morgan fingerprint density at radius 1 is 1.12 bits per heavy atom. The van der Waals surface area contributed by atoms with Gasteiger partial charge in [0.25, 0.3) is 0 Å². The molecule has 1 saturated heterocycles. The molecule has 10 heteroatoms. The van der Waals surface area contributed by atoms with Crippen LogP contribution in [0, 0.1) is 5.82 Å². The molecule has 2 heterocycles. The number of amides is 1. The Balaban J connectivity index is 1.39. The average Bonchev–Trinajstić information content (AvgIpc) is 3.35. The van der Waals surface area contributed by atoms with Crippen molar-refractivity contribution in [3.05, 3.63) is 77.0 Å². The first-order valence-electron chi connectivity index (χ1n) is 13.5. The number of piperidine rings is 1. The van der Waals surface area contributed by atoms with E-state index in [1.54, 1.807) is 17.0 Å². The van der Waals surface area contributed by atoms with E-state index in [0.717, 1.165) is 29.8 Å². The number of hydrogen-bond donors (Lipinski definition) is 1. The molecule has 0 saturated carbocycles. The monoisotopic (exact) mass is 570 g/mol. The van der Waals surface area contributed by atoms with Gasteiger partial charge in [0.1, 0.15) is 23.8 Å². The summed E-state index contributed by atoms with van der Waals surface area (Å²) in [6.45, 7) is 8.10. The number of halogens is 2. The fourth-order valence-electron chi connectivity index (χ4n) is 4.56. The van der Waals surface area contributed by atoms with Crippen molar-refractivity contribution < 1.29 is 23.5 Å². The Bertz CT molecular complexity index is 1300. The molecule has 8 nitrogen and oxygen atoms in total. The van der Waals surface area contributed by atoms with Crippen LogP contribution in [0.15, 0.2) is 54.7 Å². The zero-order chi connectivity index (χ0) is 28.7. The first-order valence-corrected chi connectivity index (χ1v) is 13.9. The van der Waals surface area contributed by atoms with Crippen molar-refractivity contribution in [2.45, 2.75) is 58.3 Å². The van der Waals surface area contributed by atoms with E-state index in [1.165, 1.54) is 6.07 Å². The molecular weight excluding hydrogens is 535 g/mol. The Morgan fingerprint density at radius 3 is 2.52 bits per heavy atom. The SMILES string of the molecule is CC(C)(C)OC(=O)N1CCC(c2nc(-c3ccc(F)c(Cl)c3)cn2CCNCC(=O)OCc2ccccc2)CC1. The van der Waals surface area contributed by atoms with Gasteiger partial charge in [-0.05, 0) is 57.4 Å². The number of imidazole rings is 1. The number of nitrogens with zero attached hydrogens (tertiary/aromatic N) is 3. The van der Waals surface area contributed by atoms with Crippen LogP contribution in [0.4, 0.5) is 9.18 Å². The minimum atomic E-state index is -0.545. The summed E-state index contributed by atoms with van der Waals surface area (Å²) >= 11 is 6.03. The molecule has 40 heavy (non-hydrogen) atoms. The summed E-state index contributed by atoms with van der Waals surface area (Å²) in [4.78, 5) is 31.3. The summed E-state index contributed by atoms with van der Waals surface area (Å²) in [7, 11) is 0. The lowest BCUT2D eigenvalue weighted by Crippen LogP contribution is -2.41. The summed E-state index contributed by atoms with van der Waals surface area (Å²) < 4.78 is 26.7. The van der Waals surface area contributed by atoms with Gasteiger partial charge in [0.05, 0.1) is 17.3 Å². The maximum absolute atomic E-state index is 13.8. The van der Waals surface area contributed by atoms with E-state index in [-0.39, 0.29) is 36.2 Å². The van der Waals surface area contributed by atoms with Crippen molar-refractivity contribution in [3.8, 4) is 11.3 Å². The van der Waals surface area contributed by atoms with Gasteiger partial charge in [0.2, 0.25) is 0 Å². The Kier molecular flexibility index (Phi) is 9.81. The van der Waals surface area contributed by atoms with Crippen LogP contribution in [0.5, 0.6) is 0 Å². The zero-order valence-corrected chi connectivity index (χ0v) is 23.9. The van der Waals surface area contributed by atoms with E-state index < -0.39 is 11.4 Å². The van der Waals surface area contributed by atoms with E-state index in [4.69, 9.17) is 26.1 Å². The number of carbonyl (C=O) groups excluding carboxylic acids is 2. The van der Waals surface area contributed by atoms with Crippen LogP contribution in [0.25, 0.3) is 11.3 Å². The lowest BCUT2D eigenvalue weighted by Gasteiger charge is -2.33. The molecule has 0 unspecified atom stereocenters. The highest BCUT2D eigenvalue weighted by atomic mass is 35.5. The van der Waals surface area contributed by atoms with Crippen LogP contribution in [0.1, 0.15) is 50.9 Å². The lowest BCUT2D eigenvalue weighted by molar-refractivity contribution is -0.143. The topological polar surface area (TPSA) is 85.7 Å². The molecule has 214 valence electrons. The van der Waals surface area contributed by atoms with Crippen LogP contribution >= 0.6 is 11.6 Å². The van der Waals surface area contributed by atoms with Gasteiger partial charge in [0.15, 0.2) is 0 Å². The molecule has 0 atom stereocenters. The van der Waals surface area contributed by atoms with Gasteiger partial charge >= 0.3 is 12.1 Å². The molecule has 0 spiro atoms. The van der Waals surface area contributed by atoms with Gasteiger partial charge in [-0.15, -0.1) is 0 Å². The normalized spacial score (nSPS) is 14.3. The van der Waals surface area contributed by atoms with Gasteiger partial charge < -0.3 is 24.3 Å². The molecule has 4 rings (SSSR count). The summed E-state index contributed by atoms with van der Waals surface area (Å²) in [5.41, 5.74) is 1.80. The number of aromatic nitrogens is 2. The predicted octanol–water partition coefficient (Wildman–Crippen LogP) is 5.79. The number of esters is 1. The molecule has 0 bridgehead atoms. The number of rotatable bonds is 9. The van der Waals surface area contributed by atoms with E-state index in [1.807, 2.05) is 57.3 Å². The highest BCUT2D eigenvalue weighted by Crippen LogP contribution is 2.31. The van der Waals surface area contributed by atoms with Crippen LogP contribution in [0.2, 0.25) is 5.02 Å². The van der Waals surface area contributed by atoms with Gasteiger partial charge in [-0.3, -0.25) is 4.79 Å². The maximum atomic E-state index is 13.8. The molecule has 2 aromatic carbocycles. The maximum Gasteiger partial charge on any atom is 0.410 e. The van der Waals surface area contributed by atoms with E-state index in [0.29, 0.717) is 31.9 Å². The molecule has 0 radical (unpaired) electrons. The van der Waals surface area contributed by atoms with Gasteiger partial charge in [0, 0.05) is 43.9 Å². The summed E-state index contributed by atoms with van der Waals surface area (Å²) in [5.74, 6) is 0.195. The van der Waals surface area contributed by atoms with Crippen LogP contribution in [-0.2, 0) is 27.4 Å². The van der Waals surface area contributed by atoms with E-state index in [9.17, 15) is 14.0 Å². The van der Waals surface area contributed by atoms with Crippen molar-refractivity contribution in [3.63, 3.8) is 0 Å². The van der Waals surface area contributed by atoms with Gasteiger partial charge in [-0.2, -0.15) is 0 Å². The van der Waals surface area contributed by atoms with E-state index in [2.05, 4.69) is 9.88 Å². The van der Waals surface area contributed by atoms with Crippen molar-refractivity contribution in [2.75, 3.05) is 26.2 Å². The number of likely N-dealkylation sites (tertiary alicyclic amines) is 1. The van der Waals surface area contributed by atoms with Crippen LogP contribution in [-0.4, -0.2) is 58.3 Å². The number of ether oxygens (including phenoxy) is 2. The second kappa shape index (κ2) is 13.3. The highest BCUT2D eigenvalue weighted by Gasteiger charge is 2.30. The third kappa shape index (κ3) is 8.29. The molecule has 3 aromatic rings. The Hall–Kier alpha value is -3.43. The summed E-state index contributed by atoms with van der Waals surface area (Å²) in [6, 6.07) is 14.1. The van der Waals surface area contributed by atoms with Gasteiger partial charge in [-0.1, -0.05) is 41.9 Å². The van der Waals surface area contributed by atoms with Crippen molar-refractivity contribution in [1.82, 2.24) is 19.8 Å². The molecule has 1 N–H and O–H groups in total. The number of hydrogen-bond acceptors (Lipinski definition) is 6. The molecule has 1 aliphatic rings. The number of nitrogens with one attached hydrogen (secondary N) is 1. The van der Waals surface area contributed by atoms with Crippen LogP contribution < -0.4 is 5.32 Å². The van der Waals surface area contributed by atoms with E-state index >= 15 is 0 Å². The first kappa shape index (κ1) is 29.6. The second-order valence-electron chi connectivity index (χ2n) is 10.9. The van der Waals surface area contributed by atoms with Crippen molar-refractivity contribution in [1.29, 1.82) is 0 Å². The number of benzene rings is 2. The minimum Gasteiger partial charge on any atom is -0.460 e. The molecule has 1 aliphatic heterocycles. The fraction of sp³-hybridized carbons (Fsp3) is 0.433. The third-order valence-corrected chi connectivity index (χ3v) is 6.87. The highest BCUT2D eigenvalue weighted by molar-refractivity contribution is 6.31. The third-order valence-electron chi connectivity index (χ3n) is 6.58. The molecule has 1 amide bonds. The lowest BCUT2D eigenvalue weighted by atomic mass is 9.96. The van der Waals surface area contributed by atoms with Crippen LogP contribution in [0.3, 0.4) is 0 Å². The van der Waals surface area contributed by atoms with Crippen molar-refractivity contribution in [2.24, 2.45) is 0 Å².